The lowest BCUT2D eigenvalue weighted by Crippen LogP contribution is -2.43. The highest BCUT2D eigenvalue weighted by atomic mass is 32.2. The Bertz CT molecular complexity index is 750. The molecule has 1 atom stereocenters. The predicted octanol–water partition coefficient (Wildman–Crippen LogP) is 0.920. The van der Waals surface area contributed by atoms with E-state index in [1.165, 1.54) is 24.6 Å². The molecule has 1 fully saturated rings. The Hall–Kier alpha value is -2.20. The minimum atomic E-state index is -3.83. The van der Waals surface area contributed by atoms with Crippen molar-refractivity contribution in [2.24, 2.45) is 16.6 Å². The maximum atomic E-state index is 12.2. The summed E-state index contributed by atoms with van der Waals surface area (Å²) >= 11 is 0. The maximum absolute atomic E-state index is 12.2. The Morgan fingerprint density at radius 1 is 1.52 bits per heavy atom. The van der Waals surface area contributed by atoms with Crippen molar-refractivity contribution in [2.45, 2.75) is 24.7 Å². The molecule has 1 aliphatic rings. The number of hydrogen-bond acceptors (Lipinski definition) is 5. The Balaban J connectivity index is 1.91. The zero-order valence-corrected chi connectivity index (χ0v) is 14.9. The number of nitrogens with two attached hydrogens (primary N) is 1. The second-order valence-corrected chi connectivity index (χ2v) is 7.85. The molecule has 3 N–H and O–H groups in total. The van der Waals surface area contributed by atoms with E-state index >= 15 is 0 Å². The molecule has 0 bridgehead atoms. The molecule has 1 aliphatic heterocycles. The smallest absolute Gasteiger partial charge is 0.270 e. The first kappa shape index (κ1) is 19.1. The second kappa shape index (κ2) is 8.26. The number of sulfonamides is 1. The number of nitrogens with zero attached hydrogens (tertiary/aromatic N) is 3. The second-order valence-electron chi connectivity index (χ2n) is 6.09. The molecule has 0 aliphatic carbocycles. The van der Waals surface area contributed by atoms with Crippen molar-refractivity contribution in [3.63, 3.8) is 0 Å². The largest absolute Gasteiger partial charge is 0.370 e. The van der Waals surface area contributed by atoms with Gasteiger partial charge >= 0.3 is 0 Å². The van der Waals surface area contributed by atoms with Crippen LogP contribution >= 0.6 is 0 Å². The third kappa shape index (κ3) is 5.40. The molecular formula is C15H23N5O4S. The molecule has 25 heavy (non-hydrogen) atoms. The number of non-ortho nitro benzene ring substituents is 1. The Labute approximate surface area is 147 Å². The van der Waals surface area contributed by atoms with Crippen LogP contribution in [0.5, 0.6) is 0 Å². The standard InChI is InChI=1S/C15H23N5O4S/c1-12-4-3-9-19(11-12)15(16)17-7-8-18-25(23,24)14-6-2-5-13(10-14)20(21)22/h2,5-6,10,12,18H,3-4,7-9,11H2,1H3,(H2,16,17). The van der Waals surface area contributed by atoms with Gasteiger partial charge < -0.3 is 10.6 Å². The van der Waals surface area contributed by atoms with E-state index in [1.807, 2.05) is 4.90 Å². The van der Waals surface area contributed by atoms with Gasteiger partial charge in [-0.05, 0) is 24.8 Å². The van der Waals surface area contributed by atoms with E-state index in [1.54, 1.807) is 0 Å². The number of nitro groups is 1. The lowest BCUT2D eigenvalue weighted by molar-refractivity contribution is -0.385. The highest BCUT2D eigenvalue weighted by Crippen LogP contribution is 2.17. The Kier molecular flexibility index (Phi) is 6.32. The zero-order chi connectivity index (χ0) is 18.4. The maximum Gasteiger partial charge on any atom is 0.270 e. The van der Waals surface area contributed by atoms with E-state index in [0.717, 1.165) is 25.6 Å². The van der Waals surface area contributed by atoms with E-state index in [4.69, 9.17) is 5.73 Å². The quantitative estimate of drug-likeness (QED) is 0.252. The fourth-order valence-electron chi connectivity index (χ4n) is 2.70. The summed E-state index contributed by atoms with van der Waals surface area (Å²) in [6, 6.07) is 4.90. The first-order valence-corrected chi connectivity index (χ1v) is 9.57. The van der Waals surface area contributed by atoms with Crippen molar-refractivity contribution in [2.75, 3.05) is 26.2 Å². The van der Waals surface area contributed by atoms with Gasteiger partial charge in [0.05, 0.1) is 16.4 Å². The molecule has 1 aromatic rings. The average molecular weight is 369 g/mol. The van der Waals surface area contributed by atoms with Gasteiger partial charge in [0.1, 0.15) is 0 Å². The van der Waals surface area contributed by atoms with Gasteiger partial charge in [-0.2, -0.15) is 0 Å². The van der Waals surface area contributed by atoms with Crippen LogP contribution in [0.4, 0.5) is 5.69 Å². The molecule has 10 heteroatoms. The van der Waals surface area contributed by atoms with Crippen molar-refractivity contribution < 1.29 is 13.3 Å². The minimum Gasteiger partial charge on any atom is -0.370 e. The van der Waals surface area contributed by atoms with Crippen LogP contribution < -0.4 is 10.5 Å². The normalized spacial score (nSPS) is 19.0. The van der Waals surface area contributed by atoms with Crippen LogP contribution in [-0.4, -0.2) is 50.4 Å². The van der Waals surface area contributed by atoms with Gasteiger partial charge in [0.15, 0.2) is 5.96 Å². The molecular weight excluding hydrogens is 346 g/mol. The highest BCUT2D eigenvalue weighted by Gasteiger charge is 2.18. The Morgan fingerprint density at radius 3 is 2.96 bits per heavy atom. The van der Waals surface area contributed by atoms with Crippen molar-refractivity contribution in [3.05, 3.63) is 34.4 Å². The highest BCUT2D eigenvalue weighted by molar-refractivity contribution is 7.89. The molecule has 138 valence electrons. The number of piperidine rings is 1. The number of likely N-dealkylation sites (tertiary alicyclic amines) is 1. The fourth-order valence-corrected chi connectivity index (χ4v) is 3.76. The number of guanidine groups is 1. The lowest BCUT2D eigenvalue weighted by Gasteiger charge is -2.31. The van der Waals surface area contributed by atoms with Crippen LogP contribution in [-0.2, 0) is 10.0 Å². The van der Waals surface area contributed by atoms with Crippen LogP contribution in [0.3, 0.4) is 0 Å². The van der Waals surface area contributed by atoms with Gasteiger partial charge in [0.2, 0.25) is 10.0 Å². The van der Waals surface area contributed by atoms with Crippen LogP contribution in [0.1, 0.15) is 19.8 Å². The fraction of sp³-hybridized carbons (Fsp3) is 0.533. The lowest BCUT2D eigenvalue weighted by atomic mass is 10.0. The third-order valence-corrected chi connectivity index (χ3v) is 5.46. The van der Waals surface area contributed by atoms with E-state index < -0.39 is 14.9 Å². The molecule has 2 rings (SSSR count). The van der Waals surface area contributed by atoms with Crippen molar-refractivity contribution in [3.8, 4) is 0 Å². The third-order valence-electron chi connectivity index (χ3n) is 4.00. The van der Waals surface area contributed by atoms with Crippen LogP contribution in [0.2, 0.25) is 0 Å². The summed E-state index contributed by atoms with van der Waals surface area (Å²) in [4.78, 5) is 16.2. The van der Waals surface area contributed by atoms with Gasteiger partial charge in [-0.15, -0.1) is 0 Å². The van der Waals surface area contributed by atoms with Crippen LogP contribution in [0.15, 0.2) is 34.2 Å². The number of rotatable bonds is 6. The zero-order valence-electron chi connectivity index (χ0n) is 14.1. The summed E-state index contributed by atoms with van der Waals surface area (Å²) in [6.45, 7) is 4.14. The molecule has 9 nitrogen and oxygen atoms in total. The number of aliphatic imine (C=N–C) groups is 1. The molecule has 1 unspecified atom stereocenters. The van der Waals surface area contributed by atoms with Gasteiger partial charge in [-0.1, -0.05) is 13.0 Å². The van der Waals surface area contributed by atoms with E-state index in [0.29, 0.717) is 11.9 Å². The predicted molar refractivity (Wildman–Crippen MR) is 94.7 cm³/mol. The summed E-state index contributed by atoms with van der Waals surface area (Å²) in [6.07, 6.45) is 2.24. The molecule has 1 heterocycles. The van der Waals surface area contributed by atoms with Gasteiger partial charge in [-0.3, -0.25) is 15.1 Å². The minimum absolute atomic E-state index is 0.0646. The van der Waals surface area contributed by atoms with E-state index in [2.05, 4.69) is 16.6 Å². The number of nitro benzene ring substituents is 1. The van der Waals surface area contributed by atoms with Crippen molar-refractivity contribution in [1.82, 2.24) is 9.62 Å². The van der Waals surface area contributed by atoms with Gasteiger partial charge in [0.25, 0.3) is 5.69 Å². The Morgan fingerprint density at radius 2 is 2.28 bits per heavy atom. The van der Waals surface area contributed by atoms with Crippen molar-refractivity contribution in [1.29, 1.82) is 0 Å². The summed E-state index contributed by atoms with van der Waals surface area (Å²) in [5.41, 5.74) is 5.67. The summed E-state index contributed by atoms with van der Waals surface area (Å²) in [5, 5.41) is 10.7. The monoisotopic (exact) mass is 369 g/mol. The van der Waals surface area contributed by atoms with Gasteiger partial charge in [0, 0.05) is 31.8 Å². The number of hydrogen-bond donors (Lipinski definition) is 2. The van der Waals surface area contributed by atoms with Crippen LogP contribution in [0, 0.1) is 16.0 Å². The van der Waals surface area contributed by atoms with Crippen molar-refractivity contribution >= 4 is 21.7 Å². The SMILES string of the molecule is CC1CCCN(C(N)=NCCNS(=O)(=O)c2cccc([N+](=O)[O-])c2)C1. The summed E-state index contributed by atoms with van der Waals surface area (Å²) < 4.78 is 26.7. The molecule has 0 spiro atoms. The molecule has 0 radical (unpaired) electrons. The number of benzene rings is 1. The first-order valence-electron chi connectivity index (χ1n) is 8.08. The van der Waals surface area contributed by atoms with E-state index in [-0.39, 0.29) is 23.7 Å². The first-order chi connectivity index (χ1) is 11.8. The molecule has 0 saturated carbocycles. The average Bonchev–Trinajstić information content (AvgIpc) is 2.58. The summed E-state index contributed by atoms with van der Waals surface area (Å²) in [5.74, 6) is 0.982. The van der Waals surface area contributed by atoms with Crippen LogP contribution in [0.25, 0.3) is 0 Å². The molecule has 1 saturated heterocycles. The van der Waals surface area contributed by atoms with Gasteiger partial charge in [-0.25, -0.2) is 13.1 Å². The topological polar surface area (TPSA) is 131 Å². The summed E-state index contributed by atoms with van der Waals surface area (Å²) in [7, 11) is -3.83. The number of nitrogens with one attached hydrogen (secondary N) is 1. The molecule has 1 aromatic carbocycles. The molecule has 0 amide bonds. The van der Waals surface area contributed by atoms with E-state index in [9.17, 15) is 18.5 Å². The molecule has 0 aromatic heterocycles.